The smallest absolute Gasteiger partial charge is 0.265 e. The maximum Gasteiger partial charge on any atom is 0.265 e. The number of anilines is 1. The van der Waals surface area contributed by atoms with Crippen LogP contribution in [0, 0.1) is 5.92 Å². The van der Waals surface area contributed by atoms with Crippen LogP contribution >= 0.6 is 28.3 Å². The van der Waals surface area contributed by atoms with Crippen LogP contribution in [0.25, 0.3) is 0 Å². The molecule has 0 aliphatic carbocycles. The zero-order chi connectivity index (χ0) is 16.4. The molecule has 2 aliphatic heterocycles. The number of ether oxygens (including phenoxy) is 1. The average molecular weight is 421 g/mol. The molecule has 0 bridgehead atoms. The molecule has 2 atom stereocenters. The first-order chi connectivity index (χ1) is 11.0. The highest BCUT2D eigenvalue weighted by molar-refractivity contribution is 9.10. The van der Waals surface area contributed by atoms with E-state index in [2.05, 4.69) is 26.6 Å². The summed E-state index contributed by atoms with van der Waals surface area (Å²) < 4.78 is 6.23. The third-order valence-corrected chi connectivity index (χ3v) is 4.53. The molecule has 3 N–H and O–H groups in total. The van der Waals surface area contributed by atoms with E-state index in [1.807, 2.05) is 0 Å². The van der Waals surface area contributed by atoms with Crippen molar-refractivity contribution in [2.24, 2.45) is 5.92 Å². The monoisotopic (exact) mass is 419 g/mol. The summed E-state index contributed by atoms with van der Waals surface area (Å²) in [6.45, 7) is 1.47. The third kappa shape index (κ3) is 4.18. The van der Waals surface area contributed by atoms with Crippen LogP contribution in [0.5, 0.6) is 5.75 Å². The van der Waals surface area contributed by atoms with Gasteiger partial charge in [-0.25, -0.2) is 0 Å². The molecule has 3 rings (SSSR count). The number of amides is 2. The van der Waals surface area contributed by atoms with Gasteiger partial charge in [0.25, 0.3) is 5.91 Å². The SMILES string of the molecule is Cl.O=C(CN1C(=O)COc2cc(Br)ccc21)NCC1CNCC1O. The molecular weight excluding hydrogens is 402 g/mol. The van der Waals surface area contributed by atoms with Crippen LogP contribution in [-0.2, 0) is 9.59 Å². The van der Waals surface area contributed by atoms with Gasteiger partial charge in [-0.05, 0) is 18.2 Å². The molecule has 0 spiro atoms. The number of hydrogen-bond donors (Lipinski definition) is 3. The van der Waals surface area contributed by atoms with Crippen molar-refractivity contribution in [3.05, 3.63) is 22.7 Å². The number of halogens is 2. The second-order valence-electron chi connectivity index (χ2n) is 5.67. The number of benzene rings is 1. The highest BCUT2D eigenvalue weighted by Crippen LogP contribution is 2.34. The van der Waals surface area contributed by atoms with Crippen molar-refractivity contribution in [1.29, 1.82) is 0 Å². The van der Waals surface area contributed by atoms with Crippen LogP contribution in [0.1, 0.15) is 0 Å². The number of carbonyl (C=O) groups is 2. The Bertz CT molecular complexity index is 631. The minimum absolute atomic E-state index is 0. The van der Waals surface area contributed by atoms with Crippen LogP contribution in [-0.4, -0.2) is 55.8 Å². The summed E-state index contributed by atoms with van der Waals surface area (Å²) in [5.41, 5.74) is 0.585. The number of fused-ring (bicyclic) bond motifs is 1. The summed E-state index contributed by atoms with van der Waals surface area (Å²) in [4.78, 5) is 25.6. The van der Waals surface area contributed by atoms with Crippen LogP contribution in [0.4, 0.5) is 5.69 Å². The first kappa shape index (κ1) is 19.0. The van der Waals surface area contributed by atoms with Gasteiger partial charge in [0.05, 0.1) is 11.8 Å². The summed E-state index contributed by atoms with van der Waals surface area (Å²) >= 11 is 3.35. The quantitative estimate of drug-likeness (QED) is 0.651. The molecule has 132 valence electrons. The Morgan fingerprint density at radius 2 is 2.25 bits per heavy atom. The van der Waals surface area contributed by atoms with Gasteiger partial charge < -0.3 is 20.5 Å². The van der Waals surface area contributed by atoms with Gasteiger partial charge in [0.1, 0.15) is 12.3 Å². The lowest BCUT2D eigenvalue weighted by atomic mass is 10.1. The first-order valence-electron chi connectivity index (χ1n) is 7.43. The van der Waals surface area contributed by atoms with Crippen molar-refractivity contribution in [3.8, 4) is 5.75 Å². The van der Waals surface area contributed by atoms with Gasteiger partial charge in [-0.1, -0.05) is 15.9 Å². The van der Waals surface area contributed by atoms with E-state index in [-0.39, 0.29) is 43.3 Å². The molecule has 0 aromatic heterocycles. The Balaban J connectivity index is 0.00000208. The molecule has 1 aromatic rings. The predicted molar refractivity (Wildman–Crippen MR) is 94.6 cm³/mol. The van der Waals surface area contributed by atoms with E-state index in [9.17, 15) is 14.7 Å². The van der Waals surface area contributed by atoms with Crippen molar-refractivity contribution < 1.29 is 19.4 Å². The number of hydrogen-bond acceptors (Lipinski definition) is 5. The molecule has 2 amide bonds. The Morgan fingerprint density at radius 3 is 2.96 bits per heavy atom. The molecule has 0 saturated carbocycles. The van der Waals surface area contributed by atoms with E-state index < -0.39 is 6.10 Å². The first-order valence-corrected chi connectivity index (χ1v) is 8.22. The Kier molecular flexibility index (Phi) is 6.45. The number of β-amino-alcohol motifs (C(OH)–C–C–N with tert-alkyl or cyclic N) is 1. The summed E-state index contributed by atoms with van der Waals surface area (Å²) in [6.07, 6.45) is -0.446. The summed E-state index contributed by atoms with van der Waals surface area (Å²) in [7, 11) is 0. The second kappa shape index (κ2) is 8.15. The zero-order valence-corrected chi connectivity index (χ0v) is 15.2. The van der Waals surface area contributed by atoms with E-state index >= 15 is 0 Å². The lowest BCUT2D eigenvalue weighted by Gasteiger charge is -2.29. The average Bonchev–Trinajstić information content (AvgIpc) is 2.93. The van der Waals surface area contributed by atoms with E-state index in [1.54, 1.807) is 18.2 Å². The standard InChI is InChI=1S/C15H18BrN3O4.ClH/c16-10-1-2-11-13(3-10)23-8-15(22)19(11)7-14(21)18-5-9-4-17-6-12(9)20;/h1-3,9,12,17,20H,4-8H2,(H,18,21);1H. The summed E-state index contributed by atoms with van der Waals surface area (Å²) in [6, 6.07) is 5.31. The maximum absolute atomic E-state index is 12.1. The minimum Gasteiger partial charge on any atom is -0.482 e. The highest BCUT2D eigenvalue weighted by atomic mass is 79.9. The van der Waals surface area contributed by atoms with Gasteiger partial charge in [-0.2, -0.15) is 0 Å². The van der Waals surface area contributed by atoms with Crippen molar-refractivity contribution in [3.63, 3.8) is 0 Å². The van der Waals surface area contributed by atoms with E-state index in [4.69, 9.17) is 4.74 Å². The van der Waals surface area contributed by atoms with Gasteiger partial charge in [0, 0.05) is 30.0 Å². The van der Waals surface area contributed by atoms with E-state index in [1.165, 1.54) is 4.90 Å². The number of rotatable bonds is 4. The fourth-order valence-corrected chi connectivity index (χ4v) is 3.06. The molecule has 2 unspecified atom stereocenters. The molecule has 1 aromatic carbocycles. The molecule has 2 aliphatic rings. The highest BCUT2D eigenvalue weighted by Gasteiger charge is 2.29. The lowest BCUT2D eigenvalue weighted by molar-refractivity contribution is -0.125. The van der Waals surface area contributed by atoms with Gasteiger partial charge in [-0.3, -0.25) is 14.5 Å². The van der Waals surface area contributed by atoms with Gasteiger partial charge in [-0.15, -0.1) is 12.4 Å². The molecule has 0 radical (unpaired) electrons. The number of nitrogens with one attached hydrogen (secondary N) is 2. The van der Waals surface area contributed by atoms with Gasteiger partial charge in [0.2, 0.25) is 5.91 Å². The van der Waals surface area contributed by atoms with Crippen LogP contribution < -0.4 is 20.3 Å². The van der Waals surface area contributed by atoms with Crippen LogP contribution in [0.15, 0.2) is 22.7 Å². The second-order valence-corrected chi connectivity index (χ2v) is 6.59. The number of carbonyl (C=O) groups excluding carboxylic acids is 2. The topological polar surface area (TPSA) is 90.9 Å². The molecule has 1 fully saturated rings. The molecule has 1 saturated heterocycles. The zero-order valence-electron chi connectivity index (χ0n) is 12.8. The fraction of sp³-hybridized carbons (Fsp3) is 0.467. The molecular formula is C15H19BrClN3O4. The van der Waals surface area contributed by atoms with Crippen molar-refractivity contribution in [2.45, 2.75) is 6.10 Å². The van der Waals surface area contributed by atoms with Crippen molar-refractivity contribution in [2.75, 3.05) is 37.7 Å². The largest absolute Gasteiger partial charge is 0.482 e. The van der Waals surface area contributed by atoms with Gasteiger partial charge >= 0.3 is 0 Å². The molecule has 2 heterocycles. The van der Waals surface area contributed by atoms with Crippen LogP contribution in [0.2, 0.25) is 0 Å². The predicted octanol–water partition coefficient (Wildman–Crippen LogP) is 0.293. The van der Waals surface area contributed by atoms with E-state index in [0.29, 0.717) is 31.1 Å². The van der Waals surface area contributed by atoms with E-state index in [0.717, 1.165) is 4.47 Å². The maximum atomic E-state index is 12.1. The molecule has 24 heavy (non-hydrogen) atoms. The van der Waals surface area contributed by atoms with Gasteiger partial charge in [0.15, 0.2) is 6.61 Å². The Morgan fingerprint density at radius 1 is 1.46 bits per heavy atom. The Hall–Kier alpha value is -1.35. The normalized spacial score (nSPS) is 22.4. The number of aliphatic hydroxyl groups is 1. The van der Waals surface area contributed by atoms with Crippen LogP contribution in [0.3, 0.4) is 0 Å². The Labute approximate surface area is 154 Å². The summed E-state index contributed by atoms with van der Waals surface area (Å²) in [5.74, 6) is 0.0653. The van der Waals surface area contributed by atoms with Crippen molar-refractivity contribution >= 4 is 45.8 Å². The number of nitrogens with zero attached hydrogens (tertiary/aromatic N) is 1. The minimum atomic E-state index is -0.446. The fourth-order valence-electron chi connectivity index (χ4n) is 2.72. The molecule has 9 heteroatoms. The third-order valence-electron chi connectivity index (χ3n) is 4.03. The lowest BCUT2D eigenvalue weighted by Crippen LogP contribution is -2.46. The van der Waals surface area contributed by atoms with Crippen molar-refractivity contribution in [1.82, 2.24) is 10.6 Å². The molecule has 7 nitrogen and oxygen atoms in total. The summed E-state index contributed by atoms with van der Waals surface area (Å²) in [5, 5.41) is 15.6. The number of aliphatic hydroxyl groups excluding tert-OH is 1.